The molecule has 0 N–H and O–H groups in total. The monoisotopic (exact) mass is 455 g/mol. The minimum atomic E-state index is -0.0802. The molecule has 0 bridgehead atoms. The Morgan fingerprint density at radius 3 is 2.65 bits per heavy atom. The molecule has 2 aromatic carbocycles. The van der Waals surface area contributed by atoms with Crippen LogP contribution in [0.15, 0.2) is 54.7 Å². The van der Waals surface area contributed by atoms with E-state index in [0.29, 0.717) is 30.8 Å². The number of morpholine rings is 1. The number of hydrogen-bond acceptors (Lipinski definition) is 7. The van der Waals surface area contributed by atoms with Gasteiger partial charge in [-0.1, -0.05) is 12.1 Å². The molecule has 0 saturated carbocycles. The van der Waals surface area contributed by atoms with E-state index in [4.69, 9.17) is 14.5 Å². The molecule has 2 fully saturated rings. The van der Waals surface area contributed by atoms with Gasteiger partial charge in [0.05, 0.1) is 37.6 Å². The van der Waals surface area contributed by atoms with Gasteiger partial charge < -0.3 is 19.3 Å². The number of benzene rings is 2. The Morgan fingerprint density at radius 1 is 1.12 bits per heavy atom. The van der Waals surface area contributed by atoms with Crippen molar-refractivity contribution in [3.8, 4) is 23.1 Å². The largest absolute Gasteiger partial charge is 0.485 e. The molecule has 0 unspecified atom stereocenters. The van der Waals surface area contributed by atoms with Crippen LogP contribution in [0.5, 0.6) is 5.75 Å². The van der Waals surface area contributed by atoms with E-state index in [2.05, 4.69) is 40.2 Å². The van der Waals surface area contributed by atoms with Crippen LogP contribution in [0.25, 0.3) is 11.3 Å². The number of ether oxygens (including phenoxy) is 2. The van der Waals surface area contributed by atoms with Crippen LogP contribution in [0.3, 0.4) is 0 Å². The molecular weight excluding hydrogens is 430 g/mol. The van der Waals surface area contributed by atoms with Gasteiger partial charge >= 0.3 is 0 Å². The topological polar surface area (TPSA) is 91.6 Å². The number of amides is 1. The Hall–Kier alpha value is -3.96. The first-order valence-electron chi connectivity index (χ1n) is 11.4. The maximum Gasteiger partial charge on any atom is 0.209 e. The van der Waals surface area contributed by atoms with Crippen LogP contribution in [0.2, 0.25) is 0 Å². The third-order valence-electron chi connectivity index (χ3n) is 6.10. The van der Waals surface area contributed by atoms with E-state index in [-0.39, 0.29) is 6.10 Å². The van der Waals surface area contributed by atoms with Crippen LogP contribution in [-0.4, -0.2) is 66.8 Å². The average Bonchev–Trinajstić information content (AvgIpc) is 2.87. The standard InChI is InChI=1S/C26H25N5O3/c27-15-21-14-20(3-6-25(21)34-23-16-30(17-23)18-32)24-7-8-28-26(29-24)13-19-1-4-22(5-2-19)31-9-11-33-12-10-31/h1-8,14,18,23H,9-13,16-17H2. The van der Waals surface area contributed by atoms with Crippen molar-refractivity contribution in [3.05, 3.63) is 71.7 Å². The molecule has 0 radical (unpaired) electrons. The van der Waals surface area contributed by atoms with E-state index in [1.165, 1.54) is 5.69 Å². The van der Waals surface area contributed by atoms with E-state index >= 15 is 0 Å². The number of carbonyl (C=O) groups excluding carboxylic acids is 1. The van der Waals surface area contributed by atoms with Crippen molar-refractivity contribution in [1.82, 2.24) is 14.9 Å². The van der Waals surface area contributed by atoms with Crippen molar-refractivity contribution >= 4 is 12.1 Å². The zero-order valence-corrected chi connectivity index (χ0v) is 18.8. The lowest BCUT2D eigenvalue weighted by Gasteiger charge is -2.36. The third-order valence-corrected chi connectivity index (χ3v) is 6.10. The molecular formula is C26H25N5O3. The second-order valence-electron chi connectivity index (χ2n) is 8.42. The molecule has 5 rings (SSSR count). The van der Waals surface area contributed by atoms with Crippen molar-refractivity contribution < 1.29 is 14.3 Å². The molecule has 2 saturated heterocycles. The Labute approximate surface area is 198 Å². The van der Waals surface area contributed by atoms with Gasteiger partial charge in [-0.15, -0.1) is 0 Å². The summed E-state index contributed by atoms with van der Waals surface area (Å²) >= 11 is 0. The Morgan fingerprint density at radius 2 is 1.91 bits per heavy atom. The summed E-state index contributed by atoms with van der Waals surface area (Å²) in [7, 11) is 0. The summed E-state index contributed by atoms with van der Waals surface area (Å²) in [6.07, 6.45) is 3.10. The van der Waals surface area contributed by atoms with E-state index in [1.807, 2.05) is 12.1 Å². The van der Waals surface area contributed by atoms with Crippen LogP contribution in [0.4, 0.5) is 5.69 Å². The summed E-state index contributed by atoms with van der Waals surface area (Å²) < 4.78 is 11.3. The first-order valence-corrected chi connectivity index (χ1v) is 11.4. The van der Waals surface area contributed by atoms with Gasteiger partial charge in [0, 0.05) is 37.0 Å². The maximum atomic E-state index is 10.7. The van der Waals surface area contributed by atoms with Crippen molar-refractivity contribution in [1.29, 1.82) is 5.26 Å². The highest BCUT2D eigenvalue weighted by atomic mass is 16.5. The van der Waals surface area contributed by atoms with Gasteiger partial charge in [0.15, 0.2) is 0 Å². The van der Waals surface area contributed by atoms with Crippen molar-refractivity contribution in [2.45, 2.75) is 12.5 Å². The molecule has 1 aromatic heterocycles. The second kappa shape index (κ2) is 9.89. The van der Waals surface area contributed by atoms with E-state index in [1.54, 1.807) is 23.2 Å². The van der Waals surface area contributed by atoms with Crippen LogP contribution >= 0.6 is 0 Å². The SMILES string of the molecule is N#Cc1cc(-c2ccnc(Cc3ccc(N4CCOCC4)cc3)n2)ccc1OC1CN(C=O)C1. The van der Waals surface area contributed by atoms with Crippen molar-refractivity contribution in [2.75, 3.05) is 44.3 Å². The predicted octanol–water partition coefficient (Wildman–Crippen LogP) is 2.66. The third kappa shape index (κ3) is 4.85. The normalized spacial score (nSPS) is 16.0. The number of nitriles is 1. The van der Waals surface area contributed by atoms with E-state index in [0.717, 1.165) is 55.4 Å². The molecule has 3 aromatic rings. The minimum absolute atomic E-state index is 0.0802. The molecule has 3 heterocycles. The van der Waals surface area contributed by atoms with Gasteiger partial charge in [-0.2, -0.15) is 5.26 Å². The second-order valence-corrected chi connectivity index (χ2v) is 8.42. The van der Waals surface area contributed by atoms with Crippen LogP contribution < -0.4 is 9.64 Å². The number of aromatic nitrogens is 2. The lowest BCUT2D eigenvalue weighted by Crippen LogP contribution is -2.52. The Balaban J connectivity index is 1.28. The van der Waals surface area contributed by atoms with E-state index in [9.17, 15) is 10.1 Å². The smallest absolute Gasteiger partial charge is 0.209 e. The molecule has 0 aliphatic carbocycles. The number of rotatable bonds is 7. The highest BCUT2D eigenvalue weighted by Crippen LogP contribution is 2.27. The number of anilines is 1. The molecule has 0 spiro atoms. The van der Waals surface area contributed by atoms with Crippen LogP contribution in [0.1, 0.15) is 17.0 Å². The van der Waals surface area contributed by atoms with Crippen molar-refractivity contribution in [3.63, 3.8) is 0 Å². The summed E-state index contributed by atoms with van der Waals surface area (Å²) in [6.45, 7) is 4.44. The zero-order chi connectivity index (χ0) is 23.3. The average molecular weight is 456 g/mol. The minimum Gasteiger partial charge on any atom is -0.485 e. The van der Waals surface area contributed by atoms with Gasteiger partial charge in [0.2, 0.25) is 6.41 Å². The fraction of sp³-hybridized carbons (Fsp3) is 0.308. The highest BCUT2D eigenvalue weighted by molar-refractivity contribution is 5.64. The molecule has 0 atom stereocenters. The summed E-state index contributed by atoms with van der Waals surface area (Å²) in [4.78, 5) is 23.9. The molecule has 8 heteroatoms. The summed E-state index contributed by atoms with van der Waals surface area (Å²) in [5.41, 5.74) is 4.38. The number of likely N-dealkylation sites (tertiary alicyclic amines) is 1. The van der Waals surface area contributed by atoms with Crippen molar-refractivity contribution in [2.24, 2.45) is 0 Å². The summed E-state index contributed by atoms with van der Waals surface area (Å²) in [6, 6.07) is 18.0. The Bertz CT molecular complexity index is 1200. The summed E-state index contributed by atoms with van der Waals surface area (Å²) in [5, 5.41) is 9.62. The van der Waals surface area contributed by atoms with Gasteiger partial charge in [0.1, 0.15) is 23.7 Å². The molecule has 8 nitrogen and oxygen atoms in total. The quantitative estimate of drug-likeness (QED) is 0.506. The first-order chi connectivity index (χ1) is 16.7. The fourth-order valence-electron chi connectivity index (χ4n) is 4.16. The van der Waals surface area contributed by atoms with Crippen LogP contribution in [-0.2, 0) is 16.0 Å². The summed E-state index contributed by atoms with van der Waals surface area (Å²) in [5.74, 6) is 1.25. The van der Waals surface area contributed by atoms with Gasteiger partial charge in [-0.05, 0) is 42.0 Å². The number of carbonyl (C=O) groups is 1. The zero-order valence-electron chi connectivity index (χ0n) is 18.8. The predicted molar refractivity (Wildman–Crippen MR) is 127 cm³/mol. The lowest BCUT2D eigenvalue weighted by atomic mass is 10.1. The maximum absolute atomic E-state index is 10.7. The Kier molecular flexibility index (Phi) is 6.36. The molecule has 172 valence electrons. The highest BCUT2D eigenvalue weighted by Gasteiger charge is 2.27. The molecule has 34 heavy (non-hydrogen) atoms. The van der Waals surface area contributed by atoms with Gasteiger partial charge in [0.25, 0.3) is 0 Å². The van der Waals surface area contributed by atoms with E-state index < -0.39 is 0 Å². The molecule has 2 aliphatic heterocycles. The lowest BCUT2D eigenvalue weighted by molar-refractivity contribution is -0.126. The molecule has 1 amide bonds. The van der Waals surface area contributed by atoms with Crippen LogP contribution in [0, 0.1) is 11.3 Å². The molecule has 2 aliphatic rings. The number of hydrogen-bond donors (Lipinski definition) is 0. The van der Waals surface area contributed by atoms with Gasteiger partial charge in [-0.25, -0.2) is 9.97 Å². The fourth-order valence-corrected chi connectivity index (χ4v) is 4.16. The first kappa shape index (κ1) is 21.9. The number of nitrogens with zero attached hydrogens (tertiary/aromatic N) is 5. The van der Waals surface area contributed by atoms with Gasteiger partial charge in [-0.3, -0.25) is 4.79 Å².